The average Bonchev–Trinajstić information content (AvgIpc) is 2.03. The van der Waals surface area contributed by atoms with Gasteiger partial charge < -0.3 is 5.11 Å². The number of thioether (sulfide) groups is 1. The molecular weight excluding hydrogens is 172 g/mol. The highest BCUT2D eigenvalue weighted by Crippen LogP contribution is 2.17. The van der Waals surface area contributed by atoms with E-state index in [4.69, 9.17) is 5.11 Å². The lowest BCUT2D eigenvalue weighted by Gasteiger charge is -1.99. The van der Waals surface area contributed by atoms with Crippen LogP contribution >= 0.6 is 11.8 Å². The molecule has 2 nitrogen and oxygen atoms in total. The molecule has 0 aliphatic carbocycles. The molecule has 0 spiro atoms. The van der Waals surface area contributed by atoms with Crippen molar-refractivity contribution in [3.8, 4) is 0 Å². The van der Waals surface area contributed by atoms with Crippen molar-refractivity contribution in [3.63, 3.8) is 0 Å². The number of allylic oxidation sites excluding steroid dienone is 1. The summed E-state index contributed by atoms with van der Waals surface area (Å²) in [7, 11) is 0. The Kier molecular flexibility index (Phi) is 6.96. The molecule has 0 amide bonds. The minimum Gasteiger partial charge on any atom is -0.477 e. The van der Waals surface area contributed by atoms with Gasteiger partial charge in [0.25, 0.3) is 0 Å². The van der Waals surface area contributed by atoms with Crippen molar-refractivity contribution in [2.75, 3.05) is 5.75 Å². The minimum atomic E-state index is -0.794. The van der Waals surface area contributed by atoms with Gasteiger partial charge in [-0.2, -0.15) is 0 Å². The van der Waals surface area contributed by atoms with Crippen LogP contribution in [0.3, 0.4) is 0 Å². The van der Waals surface area contributed by atoms with Crippen LogP contribution in [0.2, 0.25) is 0 Å². The van der Waals surface area contributed by atoms with E-state index in [9.17, 15) is 4.79 Å². The first-order valence-electron chi connectivity index (χ1n) is 4.28. The maximum atomic E-state index is 10.6. The van der Waals surface area contributed by atoms with Crippen LogP contribution in [0.4, 0.5) is 0 Å². The Morgan fingerprint density at radius 3 is 2.58 bits per heavy atom. The fraction of sp³-hybridized carbons (Fsp3) is 0.667. The van der Waals surface area contributed by atoms with Crippen LogP contribution in [0.1, 0.15) is 33.1 Å². The highest BCUT2D eigenvalue weighted by atomic mass is 32.2. The Hall–Kier alpha value is -0.440. The molecular formula is C9H16O2S. The second kappa shape index (κ2) is 7.22. The van der Waals surface area contributed by atoms with Gasteiger partial charge in [-0.3, -0.25) is 0 Å². The molecule has 0 rings (SSSR count). The first-order chi connectivity index (χ1) is 5.72. The monoisotopic (exact) mass is 188 g/mol. The van der Waals surface area contributed by atoms with Gasteiger partial charge in [0.15, 0.2) is 0 Å². The second-order valence-corrected chi connectivity index (χ2v) is 3.62. The van der Waals surface area contributed by atoms with Gasteiger partial charge in [-0.05, 0) is 18.6 Å². The number of hydrogen-bond acceptors (Lipinski definition) is 2. The first-order valence-corrected chi connectivity index (χ1v) is 5.27. The van der Waals surface area contributed by atoms with Crippen LogP contribution < -0.4 is 0 Å². The topological polar surface area (TPSA) is 37.3 Å². The van der Waals surface area contributed by atoms with Crippen LogP contribution in [0.5, 0.6) is 0 Å². The number of unbranched alkanes of at least 4 members (excludes halogenated alkanes) is 1. The molecule has 1 N–H and O–H groups in total. The summed E-state index contributed by atoms with van der Waals surface area (Å²) in [5.74, 6) is 0.118. The predicted octanol–water partition coefficient (Wildman–Crippen LogP) is 2.90. The number of carboxylic acid groups (broad SMARTS) is 1. The fourth-order valence-corrected chi connectivity index (χ4v) is 1.78. The molecule has 0 fully saturated rings. The van der Waals surface area contributed by atoms with Gasteiger partial charge in [0.1, 0.15) is 0 Å². The van der Waals surface area contributed by atoms with Crippen LogP contribution in [0.25, 0.3) is 0 Å². The van der Waals surface area contributed by atoms with Crippen LogP contribution in [0.15, 0.2) is 11.0 Å². The van der Waals surface area contributed by atoms with Crippen molar-refractivity contribution in [1.29, 1.82) is 0 Å². The minimum absolute atomic E-state index is 0.492. The lowest BCUT2D eigenvalue weighted by Crippen LogP contribution is -1.97. The molecule has 0 radical (unpaired) electrons. The van der Waals surface area contributed by atoms with E-state index in [-0.39, 0.29) is 0 Å². The van der Waals surface area contributed by atoms with Gasteiger partial charge in [0, 0.05) is 0 Å². The average molecular weight is 188 g/mol. The van der Waals surface area contributed by atoms with Crippen LogP contribution in [-0.4, -0.2) is 16.8 Å². The van der Waals surface area contributed by atoms with Crippen molar-refractivity contribution in [1.82, 2.24) is 0 Å². The van der Waals surface area contributed by atoms with E-state index in [2.05, 4.69) is 6.92 Å². The zero-order chi connectivity index (χ0) is 9.40. The predicted molar refractivity (Wildman–Crippen MR) is 53.4 cm³/mol. The maximum absolute atomic E-state index is 10.6. The van der Waals surface area contributed by atoms with Crippen LogP contribution in [0, 0.1) is 0 Å². The van der Waals surface area contributed by atoms with E-state index < -0.39 is 5.97 Å². The van der Waals surface area contributed by atoms with E-state index >= 15 is 0 Å². The summed E-state index contributed by atoms with van der Waals surface area (Å²) < 4.78 is 0. The Morgan fingerprint density at radius 2 is 2.17 bits per heavy atom. The van der Waals surface area contributed by atoms with Crippen molar-refractivity contribution in [3.05, 3.63) is 11.0 Å². The summed E-state index contributed by atoms with van der Waals surface area (Å²) in [6.07, 6.45) is 4.76. The van der Waals surface area contributed by atoms with Crippen molar-refractivity contribution in [2.45, 2.75) is 33.1 Å². The molecule has 0 aliphatic heterocycles. The lowest BCUT2D eigenvalue weighted by molar-refractivity contribution is -0.131. The Bertz CT molecular complexity index is 164. The number of carbonyl (C=O) groups is 1. The zero-order valence-corrected chi connectivity index (χ0v) is 8.49. The molecule has 0 heterocycles. The third kappa shape index (κ3) is 5.24. The van der Waals surface area contributed by atoms with E-state index in [0.717, 1.165) is 25.0 Å². The normalized spacial score (nSPS) is 11.7. The molecule has 0 aromatic carbocycles. The smallest absolute Gasteiger partial charge is 0.341 e. The molecule has 0 aromatic rings. The molecule has 0 unspecified atom stereocenters. The van der Waals surface area contributed by atoms with E-state index in [1.54, 1.807) is 6.08 Å². The lowest BCUT2D eigenvalue weighted by atomic mass is 10.4. The summed E-state index contributed by atoms with van der Waals surface area (Å²) in [6, 6.07) is 0. The SMILES string of the molecule is CC/C=C(/SCCCC)C(=O)O. The molecule has 0 bridgehead atoms. The summed E-state index contributed by atoms with van der Waals surface area (Å²) in [5.41, 5.74) is 0. The van der Waals surface area contributed by atoms with Crippen molar-refractivity contribution >= 4 is 17.7 Å². The van der Waals surface area contributed by atoms with Crippen molar-refractivity contribution in [2.24, 2.45) is 0 Å². The van der Waals surface area contributed by atoms with E-state index in [1.165, 1.54) is 11.8 Å². The van der Waals surface area contributed by atoms with E-state index in [1.807, 2.05) is 6.92 Å². The largest absolute Gasteiger partial charge is 0.477 e. The summed E-state index contributed by atoms with van der Waals surface area (Å²) in [6.45, 7) is 4.05. The Morgan fingerprint density at radius 1 is 1.50 bits per heavy atom. The van der Waals surface area contributed by atoms with Crippen molar-refractivity contribution < 1.29 is 9.90 Å². The molecule has 12 heavy (non-hydrogen) atoms. The molecule has 0 aromatic heterocycles. The molecule has 3 heteroatoms. The number of rotatable bonds is 6. The molecule has 70 valence electrons. The van der Waals surface area contributed by atoms with Gasteiger partial charge in [-0.1, -0.05) is 26.3 Å². The standard InChI is InChI=1S/C9H16O2S/c1-3-5-7-12-8(6-4-2)9(10)11/h6H,3-5,7H2,1-2H3,(H,10,11)/b8-6+. The summed E-state index contributed by atoms with van der Waals surface area (Å²) in [4.78, 5) is 11.1. The summed E-state index contributed by atoms with van der Waals surface area (Å²) >= 11 is 1.44. The number of hydrogen-bond donors (Lipinski definition) is 1. The second-order valence-electron chi connectivity index (χ2n) is 2.48. The number of aliphatic carboxylic acids is 1. The Balaban J connectivity index is 3.81. The first kappa shape index (κ1) is 11.6. The summed E-state index contributed by atoms with van der Waals surface area (Å²) in [5, 5.41) is 8.71. The quantitative estimate of drug-likeness (QED) is 0.514. The van der Waals surface area contributed by atoms with Gasteiger partial charge >= 0.3 is 5.97 Å². The molecule has 0 aliphatic rings. The molecule has 0 saturated heterocycles. The number of carboxylic acids is 1. The van der Waals surface area contributed by atoms with Crippen LogP contribution in [-0.2, 0) is 4.79 Å². The maximum Gasteiger partial charge on any atom is 0.341 e. The van der Waals surface area contributed by atoms with Gasteiger partial charge in [0.05, 0.1) is 4.91 Å². The highest BCUT2D eigenvalue weighted by Gasteiger charge is 2.05. The third-order valence-electron chi connectivity index (χ3n) is 1.36. The van der Waals surface area contributed by atoms with Gasteiger partial charge in [-0.25, -0.2) is 4.79 Å². The van der Waals surface area contributed by atoms with Gasteiger partial charge in [0.2, 0.25) is 0 Å². The molecule has 0 atom stereocenters. The fourth-order valence-electron chi connectivity index (χ4n) is 0.720. The van der Waals surface area contributed by atoms with Gasteiger partial charge in [-0.15, -0.1) is 11.8 Å². The zero-order valence-electron chi connectivity index (χ0n) is 7.67. The highest BCUT2D eigenvalue weighted by molar-refractivity contribution is 8.03. The van der Waals surface area contributed by atoms with E-state index in [0.29, 0.717) is 4.91 Å². The molecule has 0 saturated carbocycles. The Labute approximate surface area is 78.0 Å². The third-order valence-corrected chi connectivity index (χ3v) is 2.50.